The molecule has 1 aromatic rings. The Morgan fingerprint density at radius 3 is 2.83 bits per heavy atom. The van der Waals surface area contributed by atoms with E-state index in [4.69, 9.17) is 4.74 Å². The zero-order chi connectivity index (χ0) is 13.4. The van der Waals surface area contributed by atoms with Gasteiger partial charge in [0, 0.05) is 39.0 Å². The second-order valence-electron chi connectivity index (χ2n) is 4.39. The lowest BCUT2D eigenvalue weighted by Crippen LogP contribution is -2.21. The van der Waals surface area contributed by atoms with Crippen LogP contribution in [-0.2, 0) is 4.74 Å². The molecule has 0 fully saturated rings. The fourth-order valence-corrected chi connectivity index (χ4v) is 1.60. The highest BCUT2D eigenvalue weighted by molar-refractivity contribution is 5.43. The van der Waals surface area contributed by atoms with Gasteiger partial charge in [-0.3, -0.25) is 0 Å². The molecule has 0 bridgehead atoms. The molecule has 0 aliphatic heterocycles. The fourth-order valence-electron chi connectivity index (χ4n) is 1.60. The van der Waals surface area contributed by atoms with E-state index in [-0.39, 0.29) is 0 Å². The Morgan fingerprint density at radius 2 is 2.17 bits per heavy atom. The third kappa shape index (κ3) is 4.87. The quantitative estimate of drug-likeness (QED) is 0.718. The van der Waals surface area contributed by atoms with Crippen molar-refractivity contribution in [3.63, 3.8) is 0 Å². The van der Waals surface area contributed by atoms with Crippen molar-refractivity contribution >= 4 is 11.8 Å². The van der Waals surface area contributed by atoms with Gasteiger partial charge in [0.05, 0.1) is 6.61 Å². The molecule has 0 atom stereocenters. The van der Waals surface area contributed by atoms with Crippen molar-refractivity contribution in [2.45, 2.75) is 26.7 Å². The largest absolute Gasteiger partial charge is 0.383 e. The standard InChI is InChI=1S/C13H24N4O/c1-5-6-8-17(3)12-10-11(2)15-13(16-12)14-7-9-18-4/h10H,5-9H2,1-4H3,(H,14,15,16). The van der Waals surface area contributed by atoms with Gasteiger partial charge in [0.25, 0.3) is 0 Å². The van der Waals surface area contributed by atoms with Crippen LogP contribution in [0.25, 0.3) is 0 Å². The molecule has 1 aromatic heterocycles. The van der Waals surface area contributed by atoms with Crippen molar-refractivity contribution < 1.29 is 4.74 Å². The summed E-state index contributed by atoms with van der Waals surface area (Å²) in [5.74, 6) is 1.64. The minimum Gasteiger partial charge on any atom is -0.383 e. The minimum atomic E-state index is 0.651. The second kappa shape index (κ2) is 7.87. The van der Waals surface area contributed by atoms with Crippen molar-refractivity contribution in [3.05, 3.63) is 11.8 Å². The van der Waals surface area contributed by atoms with Crippen molar-refractivity contribution in [1.82, 2.24) is 9.97 Å². The molecule has 0 aromatic carbocycles. The van der Waals surface area contributed by atoms with E-state index in [9.17, 15) is 0 Å². The van der Waals surface area contributed by atoms with Gasteiger partial charge in [-0.15, -0.1) is 0 Å². The Bertz CT molecular complexity index is 357. The Balaban J connectivity index is 2.67. The molecule has 1 N–H and O–H groups in total. The van der Waals surface area contributed by atoms with Gasteiger partial charge in [0.15, 0.2) is 0 Å². The lowest BCUT2D eigenvalue weighted by atomic mass is 10.3. The number of nitrogens with one attached hydrogen (secondary N) is 1. The second-order valence-corrected chi connectivity index (χ2v) is 4.39. The number of rotatable bonds is 8. The van der Waals surface area contributed by atoms with Gasteiger partial charge in [-0.1, -0.05) is 13.3 Å². The van der Waals surface area contributed by atoms with E-state index in [0.717, 1.165) is 24.6 Å². The minimum absolute atomic E-state index is 0.651. The molecule has 0 saturated carbocycles. The topological polar surface area (TPSA) is 50.3 Å². The van der Waals surface area contributed by atoms with Crippen molar-refractivity contribution in [3.8, 4) is 0 Å². The SMILES string of the molecule is CCCCN(C)c1cc(C)nc(NCCOC)n1. The normalized spacial score (nSPS) is 10.4. The highest BCUT2D eigenvalue weighted by atomic mass is 16.5. The van der Waals surface area contributed by atoms with Crippen LogP contribution in [0.5, 0.6) is 0 Å². The molecule has 0 aliphatic rings. The maximum Gasteiger partial charge on any atom is 0.224 e. The number of aryl methyl sites for hydroxylation is 1. The van der Waals surface area contributed by atoms with Crippen LogP contribution in [0.1, 0.15) is 25.5 Å². The van der Waals surface area contributed by atoms with E-state index in [0.29, 0.717) is 12.6 Å². The molecule has 5 nitrogen and oxygen atoms in total. The monoisotopic (exact) mass is 252 g/mol. The molecular formula is C13H24N4O. The van der Waals surface area contributed by atoms with E-state index >= 15 is 0 Å². The third-order valence-electron chi connectivity index (χ3n) is 2.67. The van der Waals surface area contributed by atoms with Crippen LogP contribution in [0.2, 0.25) is 0 Å². The molecule has 0 spiro atoms. The summed E-state index contributed by atoms with van der Waals surface area (Å²) in [7, 11) is 3.75. The van der Waals surface area contributed by atoms with E-state index in [1.54, 1.807) is 7.11 Å². The molecule has 0 amide bonds. The van der Waals surface area contributed by atoms with Gasteiger partial charge in [-0.25, -0.2) is 4.98 Å². The Labute approximate surface area is 110 Å². The molecule has 18 heavy (non-hydrogen) atoms. The lowest BCUT2D eigenvalue weighted by molar-refractivity contribution is 0.210. The molecule has 0 saturated heterocycles. The summed E-state index contributed by atoms with van der Waals surface area (Å²) in [6.07, 6.45) is 2.36. The van der Waals surface area contributed by atoms with Crippen LogP contribution in [0.3, 0.4) is 0 Å². The van der Waals surface area contributed by atoms with Crippen LogP contribution in [0, 0.1) is 6.92 Å². The Kier molecular flexibility index (Phi) is 6.43. The summed E-state index contributed by atoms with van der Waals surface area (Å²) >= 11 is 0. The van der Waals surface area contributed by atoms with E-state index in [1.807, 2.05) is 13.0 Å². The summed E-state index contributed by atoms with van der Waals surface area (Å²) < 4.78 is 5.00. The molecular weight excluding hydrogens is 228 g/mol. The molecule has 5 heteroatoms. The predicted molar refractivity (Wildman–Crippen MR) is 75.3 cm³/mol. The summed E-state index contributed by atoms with van der Waals surface area (Å²) in [5, 5.41) is 3.16. The number of anilines is 2. The molecule has 0 radical (unpaired) electrons. The number of ether oxygens (including phenoxy) is 1. The van der Waals surface area contributed by atoms with E-state index < -0.39 is 0 Å². The van der Waals surface area contributed by atoms with Crippen molar-refractivity contribution in [2.75, 3.05) is 44.1 Å². The highest BCUT2D eigenvalue weighted by Crippen LogP contribution is 2.13. The zero-order valence-electron chi connectivity index (χ0n) is 11.9. The molecule has 1 rings (SSSR count). The average molecular weight is 252 g/mol. The van der Waals surface area contributed by atoms with E-state index in [1.165, 1.54) is 12.8 Å². The molecule has 1 heterocycles. The number of unbranched alkanes of at least 4 members (excludes halogenated alkanes) is 1. The smallest absolute Gasteiger partial charge is 0.224 e. The number of aromatic nitrogens is 2. The fraction of sp³-hybridized carbons (Fsp3) is 0.692. The van der Waals surface area contributed by atoms with Gasteiger partial charge in [-0.05, 0) is 13.3 Å². The number of hydrogen-bond donors (Lipinski definition) is 1. The third-order valence-corrected chi connectivity index (χ3v) is 2.67. The van der Waals surface area contributed by atoms with Crippen LogP contribution < -0.4 is 10.2 Å². The zero-order valence-corrected chi connectivity index (χ0v) is 11.9. The molecule has 102 valence electrons. The van der Waals surface area contributed by atoms with Gasteiger partial charge >= 0.3 is 0 Å². The summed E-state index contributed by atoms with van der Waals surface area (Å²) in [5.41, 5.74) is 0.975. The maximum absolute atomic E-state index is 5.00. The van der Waals surface area contributed by atoms with Crippen LogP contribution >= 0.6 is 0 Å². The highest BCUT2D eigenvalue weighted by Gasteiger charge is 2.06. The first kappa shape index (κ1) is 14.7. The van der Waals surface area contributed by atoms with Gasteiger partial charge < -0.3 is 15.0 Å². The van der Waals surface area contributed by atoms with Crippen molar-refractivity contribution in [1.29, 1.82) is 0 Å². The number of hydrogen-bond acceptors (Lipinski definition) is 5. The Hall–Kier alpha value is -1.36. The first-order valence-corrected chi connectivity index (χ1v) is 6.47. The molecule has 0 aliphatic carbocycles. The summed E-state index contributed by atoms with van der Waals surface area (Å²) in [6.45, 7) is 6.57. The van der Waals surface area contributed by atoms with Crippen LogP contribution in [-0.4, -0.2) is 43.8 Å². The Morgan fingerprint density at radius 1 is 1.39 bits per heavy atom. The van der Waals surface area contributed by atoms with Crippen LogP contribution in [0.4, 0.5) is 11.8 Å². The average Bonchev–Trinajstić information content (AvgIpc) is 2.35. The lowest BCUT2D eigenvalue weighted by Gasteiger charge is -2.19. The number of methoxy groups -OCH3 is 1. The van der Waals surface area contributed by atoms with Crippen LogP contribution in [0.15, 0.2) is 6.07 Å². The first-order valence-electron chi connectivity index (χ1n) is 6.47. The summed E-state index contributed by atoms with van der Waals surface area (Å²) in [4.78, 5) is 11.0. The molecule has 0 unspecified atom stereocenters. The maximum atomic E-state index is 5.00. The first-order chi connectivity index (χ1) is 8.67. The number of nitrogens with zero attached hydrogens (tertiary/aromatic N) is 3. The predicted octanol–water partition coefficient (Wildman–Crippen LogP) is 2.08. The van der Waals surface area contributed by atoms with Crippen molar-refractivity contribution in [2.24, 2.45) is 0 Å². The van der Waals surface area contributed by atoms with Gasteiger partial charge in [0.1, 0.15) is 5.82 Å². The van der Waals surface area contributed by atoms with E-state index in [2.05, 4.69) is 34.2 Å². The van der Waals surface area contributed by atoms with Gasteiger partial charge in [-0.2, -0.15) is 4.98 Å². The van der Waals surface area contributed by atoms with Gasteiger partial charge in [0.2, 0.25) is 5.95 Å². The summed E-state index contributed by atoms with van der Waals surface area (Å²) in [6, 6.07) is 2.01.